The molecule has 1 unspecified atom stereocenters. The number of aryl methyl sites for hydroxylation is 3. The Balaban J connectivity index is 2.05. The fourth-order valence-corrected chi connectivity index (χ4v) is 5.55. The Labute approximate surface area is 236 Å². The van der Waals surface area contributed by atoms with Gasteiger partial charge in [0.05, 0.1) is 10.6 Å². The first-order chi connectivity index (χ1) is 18.3. The molecule has 2 amide bonds. The molecule has 0 spiro atoms. The molecule has 3 aromatic carbocycles. The van der Waals surface area contributed by atoms with Gasteiger partial charge in [-0.15, -0.1) is 0 Å². The minimum absolute atomic E-state index is 0.0778. The number of anilines is 1. The summed E-state index contributed by atoms with van der Waals surface area (Å²) in [6.07, 6.45) is 0. The van der Waals surface area contributed by atoms with Crippen LogP contribution in [0.15, 0.2) is 71.6 Å². The molecule has 0 saturated carbocycles. The first-order valence-electron chi connectivity index (χ1n) is 12.8. The van der Waals surface area contributed by atoms with Gasteiger partial charge < -0.3 is 10.2 Å². The second-order valence-electron chi connectivity index (χ2n) is 10.1. The molecule has 0 aliphatic rings. The number of hydrogen-bond donors (Lipinski definition) is 1. The average Bonchev–Trinajstić information content (AvgIpc) is 2.88. The van der Waals surface area contributed by atoms with Gasteiger partial charge in [0, 0.05) is 17.6 Å². The van der Waals surface area contributed by atoms with E-state index in [1.165, 1.54) is 17.0 Å². The summed E-state index contributed by atoms with van der Waals surface area (Å²) in [5.74, 6) is -0.836. The van der Waals surface area contributed by atoms with Crippen LogP contribution in [0.2, 0.25) is 5.02 Å². The average molecular weight is 570 g/mol. The summed E-state index contributed by atoms with van der Waals surface area (Å²) in [5, 5.41) is 3.40. The lowest BCUT2D eigenvalue weighted by molar-refractivity contribution is -0.139. The maximum Gasteiger partial charge on any atom is 0.264 e. The van der Waals surface area contributed by atoms with E-state index in [-0.39, 0.29) is 23.4 Å². The lowest BCUT2D eigenvalue weighted by Gasteiger charge is -2.32. The molecule has 1 atom stereocenters. The van der Waals surface area contributed by atoms with Gasteiger partial charge in [0.25, 0.3) is 10.0 Å². The van der Waals surface area contributed by atoms with Gasteiger partial charge in [-0.05, 0) is 94.6 Å². The summed E-state index contributed by atoms with van der Waals surface area (Å²) in [4.78, 5) is 28.4. The molecule has 0 radical (unpaired) electrons. The van der Waals surface area contributed by atoms with Crippen LogP contribution in [0.4, 0.5) is 5.69 Å². The molecule has 0 heterocycles. The number of rotatable bonds is 10. The van der Waals surface area contributed by atoms with Crippen LogP contribution in [-0.2, 0) is 26.2 Å². The number of hydrogen-bond acceptors (Lipinski definition) is 4. The number of benzene rings is 3. The van der Waals surface area contributed by atoms with Crippen molar-refractivity contribution in [3.8, 4) is 0 Å². The fraction of sp³-hybridized carbons (Fsp3) is 0.333. The van der Waals surface area contributed by atoms with Crippen LogP contribution in [0.25, 0.3) is 0 Å². The van der Waals surface area contributed by atoms with Crippen LogP contribution >= 0.6 is 11.6 Å². The second-order valence-corrected chi connectivity index (χ2v) is 12.4. The lowest BCUT2D eigenvalue weighted by Crippen LogP contribution is -2.52. The normalized spacial score (nSPS) is 12.2. The summed E-state index contributed by atoms with van der Waals surface area (Å²) in [6.45, 7) is 10.6. The zero-order valence-electron chi connectivity index (χ0n) is 23.2. The van der Waals surface area contributed by atoms with E-state index in [1.807, 2.05) is 40.7 Å². The second kappa shape index (κ2) is 12.7. The van der Waals surface area contributed by atoms with E-state index in [4.69, 9.17) is 11.6 Å². The van der Waals surface area contributed by atoms with Crippen LogP contribution in [0, 0.1) is 20.8 Å². The molecule has 0 saturated heterocycles. The Morgan fingerprint density at radius 3 is 2.05 bits per heavy atom. The Kier molecular flexibility index (Phi) is 9.80. The lowest BCUT2D eigenvalue weighted by atomic mass is 10.1. The van der Waals surface area contributed by atoms with Crippen molar-refractivity contribution in [1.29, 1.82) is 0 Å². The Morgan fingerprint density at radius 2 is 1.49 bits per heavy atom. The largest absolute Gasteiger partial charge is 0.352 e. The number of amides is 2. The van der Waals surface area contributed by atoms with E-state index < -0.39 is 28.5 Å². The van der Waals surface area contributed by atoms with E-state index in [2.05, 4.69) is 5.32 Å². The van der Waals surface area contributed by atoms with Gasteiger partial charge in [0.1, 0.15) is 12.6 Å². The van der Waals surface area contributed by atoms with Crippen LogP contribution in [0.3, 0.4) is 0 Å². The van der Waals surface area contributed by atoms with Crippen molar-refractivity contribution in [2.45, 2.75) is 65.1 Å². The highest BCUT2D eigenvalue weighted by atomic mass is 35.5. The molecule has 3 rings (SSSR count). The van der Waals surface area contributed by atoms with E-state index in [0.717, 1.165) is 26.6 Å². The highest BCUT2D eigenvalue weighted by Gasteiger charge is 2.32. The van der Waals surface area contributed by atoms with Gasteiger partial charge in [-0.1, -0.05) is 47.5 Å². The molecule has 0 aliphatic carbocycles. The molecule has 9 heteroatoms. The Hall–Kier alpha value is -3.36. The standard InChI is InChI=1S/C30H36ClN3O4S/c1-20(2)32-30(36)24(6)33(18-25-10-12-26(31)13-11-25)29(35)19-34(27-14-9-22(4)23(5)17-27)39(37,38)28-15-7-21(3)8-16-28/h7-17,20,24H,18-19H2,1-6H3,(H,32,36). The number of carbonyl (C=O) groups excluding carboxylic acids is 2. The summed E-state index contributed by atoms with van der Waals surface area (Å²) in [7, 11) is -4.10. The highest BCUT2D eigenvalue weighted by molar-refractivity contribution is 7.92. The van der Waals surface area contributed by atoms with Gasteiger partial charge in [0.15, 0.2) is 0 Å². The van der Waals surface area contributed by atoms with Crippen LogP contribution in [-0.4, -0.2) is 43.8 Å². The number of nitrogens with one attached hydrogen (secondary N) is 1. The third-order valence-electron chi connectivity index (χ3n) is 6.53. The van der Waals surface area contributed by atoms with Crippen LogP contribution in [0.5, 0.6) is 0 Å². The molecule has 7 nitrogen and oxygen atoms in total. The first-order valence-corrected chi connectivity index (χ1v) is 14.6. The van der Waals surface area contributed by atoms with E-state index in [1.54, 1.807) is 55.5 Å². The summed E-state index contributed by atoms with van der Waals surface area (Å²) < 4.78 is 28.9. The minimum Gasteiger partial charge on any atom is -0.352 e. The van der Waals surface area contributed by atoms with Gasteiger partial charge in [0.2, 0.25) is 11.8 Å². The molecule has 0 aromatic heterocycles. The van der Waals surface area contributed by atoms with Crippen molar-refractivity contribution < 1.29 is 18.0 Å². The number of sulfonamides is 1. The molecule has 39 heavy (non-hydrogen) atoms. The van der Waals surface area contributed by atoms with Gasteiger partial charge in [-0.2, -0.15) is 0 Å². The predicted molar refractivity (Wildman–Crippen MR) is 156 cm³/mol. The minimum atomic E-state index is -4.10. The van der Waals surface area contributed by atoms with Crippen LogP contribution in [0.1, 0.15) is 43.0 Å². The third-order valence-corrected chi connectivity index (χ3v) is 8.57. The zero-order chi connectivity index (χ0) is 28.9. The Bertz CT molecular complexity index is 1420. The smallest absolute Gasteiger partial charge is 0.264 e. The summed E-state index contributed by atoms with van der Waals surface area (Å²) in [5.41, 5.74) is 3.95. The van der Waals surface area contributed by atoms with Crippen molar-refractivity contribution in [3.05, 3.63) is 94.0 Å². The van der Waals surface area contributed by atoms with E-state index in [0.29, 0.717) is 10.7 Å². The van der Waals surface area contributed by atoms with Gasteiger partial charge in [-0.3, -0.25) is 13.9 Å². The van der Waals surface area contributed by atoms with Crippen molar-refractivity contribution in [1.82, 2.24) is 10.2 Å². The van der Waals surface area contributed by atoms with Crippen LogP contribution < -0.4 is 9.62 Å². The zero-order valence-corrected chi connectivity index (χ0v) is 24.8. The molecule has 0 aliphatic heterocycles. The molecule has 3 aromatic rings. The molecule has 0 fully saturated rings. The first kappa shape index (κ1) is 30.2. The molecule has 208 valence electrons. The topological polar surface area (TPSA) is 86.8 Å². The third kappa shape index (κ3) is 7.61. The maximum absolute atomic E-state index is 13.9. The molecule has 0 bridgehead atoms. The highest BCUT2D eigenvalue weighted by Crippen LogP contribution is 2.27. The van der Waals surface area contributed by atoms with Crippen molar-refractivity contribution in [2.75, 3.05) is 10.8 Å². The number of nitrogens with zero attached hydrogens (tertiary/aromatic N) is 2. The quantitative estimate of drug-likeness (QED) is 0.354. The molecular weight excluding hydrogens is 534 g/mol. The van der Waals surface area contributed by atoms with Crippen molar-refractivity contribution in [2.24, 2.45) is 0 Å². The van der Waals surface area contributed by atoms with E-state index in [9.17, 15) is 18.0 Å². The number of carbonyl (C=O) groups is 2. The fourth-order valence-electron chi connectivity index (χ4n) is 4.02. The van der Waals surface area contributed by atoms with Gasteiger partial charge in [-0.25, -0.2) is 8.42 Å². The molecular formula is C30H36ClN3O4S. The van der Waals surface area contributed by atoms with Crippen molar-refractivity contribution in [3.63, 3.8) is 0 Å². The monoisotopic (exact) mass is 569 g/mol. The Morgan fingerprint density at radius 1 is 0.872 bits per heavy atom. The van der Waals surface area contributed by atoms with Gasteiger partial charge >= 0.3 is 0 Å². The number of halogens is 1. The summed E-state index contributed by atoms with van der Waals surface area (Å²) in [6, 6.07) is 17.8. The SMILES string of the molecule is Cc1ccc(S(=O)(=O)N(CC(=O)N(Cc2ccc(Cl)cc2)C(C)C(=O)NC(C)C)c2ccc(C)c(C)c2)cc1. The van der Waals surface area contributed by atoms with Crippen molar-refractivity contribution >= 4 is 39.1 Å². The predicted octanol–water partition coefficient (Wildman–Crippen LogP) is 5.40. The summed E-state index contributed by atoms with van der Waals surface area (Å²) >= 11 is 6.04. The molecule has 1 N–H and O–H groups in total. The maximum atomic E-state index is 13.9. The van der Waals surface area contributed by atoms with E-state index >= 15 is 0 Å².